The van der Waals surface area contributed by atoms with Crippen molar-refractivity contribution in [2.45, 2.75) is 41.4 Å². The van der Waals surface area contributed by atoms with Gasteiger partial charge < -0.3 is 9.84 Å². The minimum Gasteiger partial charge on any atom is -0.490 e. The summed E-state index contributed by atoms with van der Waals surface area (Å²) in [5, 5.41) is 10.6. The van der Waals surface area contributed by atoms with Gasteiger partial charge in [0, 0.05) is 10.9 Å². The average Bonchev–Trinajstić information content (AvgIpc) is 2.83. The van der Waals surface area contributed by atoms with Crippen molar-refractivity contribution in [1.82, 2.24) is 0 Å². The second-order valence-electron chi connectivity index (χ2n) is 7.37. The minimum absolute atomic E-state index is 0.0187. The molecule has 1 N–H and O–H groups in total. The molecule has 2 aromatic rings. The molecule has 1 aliphatic carbocycles. The molecule has 4 rings (SSSR count). The maximum atomic E-state index is 15.0. The van der Waals surface area contributed by atoms with Gasteiger partial charge in [-0.1, -0.05) is 11.6 Å². The smallest absolute Gasteiger partial charge is 0.188 e. The second-order valence-corrected chi connectivity index (χ2v) is 10.0. The summed E-state index contributed by atoms with van der Waals surface area (Å²) in [5.41, 5.74) is -0.271. The van der Waals surface area contributed by atoms with E-state index in [1.54, 1.807) is 0 Å². The van der Waals surface area contributed by atoms with Gasteiger partial charge >= 0.3 is 0 Å². The fourth-order valence-corrected chi connectivity index (χ4v) is 7.05. The third-order valence-corrected chi connectivity index (χ3v) is 8.66. The lowest BCUT2D eigenvalue weighted by Crippen LogP contribution is -2.49. The number of rotatable bonds is 2. The number of aliphatic hydroxyl groups is 1. The number of hydrogen-bond donors (Lipinski definition) is 1. The number of benzene rings is 2. The molecule has 0 unspecified atom stereocenters. The standard InChI is InChI=1S/C20H19ClF2O4S/c21-13-3-5-15(6-4-13)28(25,26)20-9-1-2-14(24)10-12(20)11-27-19-17(23)8-7-16(22)18(19)20/h3-8,12,14,24H,1-2,9-11H2/t12-,14-,20+/m0/s1. The van der Waals surface area contributed by atoms with Crippen molar-refractivity contribution in [3.63, 3.8) is 0 Å². The van der Waals surface area contributed by atoms with Crippen LogP contribution in [0.1, 0.15) is 31.2 Å². The summed E-state index contributed by atoms with van der Waals surface area (Å²) in [7, 11) is -4.16. The molecule has 4 nitrogen and oxygen atoms in total. The molecule has 150 valence electrons. The van der Waals surface area contributed by atoms with Crippen molar-refractivity contribution in [2.24, 2.45) is 5.92 Å². The Morgan fingerprint density at radius 2 is 1.79 bits per heavy atom. The van der Waals surface area contributed by atoms with Crippen LogP contribution in [0.3, 0.4) is 0 Å². The quantitative estimate of drug-likeness (QED) is 0.777. The van der Waals surface area contributed by atoms with Crippen molar-refractivity contribution in [1.29, 1.82) is 0 Å². The van der Waals surface area contributed by atoms with Crippen LogP contribution < -0.4 is 4.74 Å². The van der Waals surface area contributed by atoms with E-state index in [1.165, 1.54) is 24.3 Å². The molecule has 1 fully saturated rings. The monoisotopic (exact) mass is 428 g/mol. The van der Waals surface area contributed by atoms with E-state index in [2.05, 4.69) is 0 Å². The predicted molar refractivity (Wildman–Crippen MR) is 100 cm³/mol. The molecular weight excluding hydrogens is 410 g/mol. The maximum absolute atomic E-state index is 15.0. The first-order chi connectivity index (χ1) is 13.3. The Bertz CT molecular complexity index is 1010. The number of halogens is 3. The van der Waals surface area contributed by atoms with Gasteiger partial charge in [0.05, 0.1) is 23.2 Å². The molecule has 0 bridgehead atoms. The van der Waals surface area contributed by atoms with Crippen LogP contribution in [0.15, 0.2) is 41.3 Å². The fourth-order valence-electron chi connectivity index (χ4n) is 4.54. The zero-order valence-electron chi connectivity index (χ0n) is 14.9. The lowest BCUT2D eigenvalue weighted by molar-refractivity contribution is 0.0975. The average molecular weight is 429 g/mol. The SMILES string of the molecule is O=S(=O)(c1ccc(Cl)cc1)[C@]12CCC[C@H](O)C[C@H]1COc1c(F)ccc(F)c12. The van der Waals surface area contributed by atoms with Crippen LogP contribution in [0.5, 0.6) is 5.75 Å². The molecule has 2 aromatic carbocycles. The van der Waals surface area contributed by atoms with E-state index in [1.807, 2.05) is 0 Å². The second kappa shape index (κ2) is 6.97. The zero-order valence-corrected chi connectivity index (χ0v) is 16.4. The van der Waals surface area contributed by atoms with Crippen LogP contribution in [0.4, 0.5) is 8.78 Å². The highest BCUT2D eigenvalue weighted by Gasteiger charge is 2.58. The van der Waals surface area contributed by atoms with E-state index in [9.17, 15) is 17.9 Å². The Hall–Kier alpha value is -1.70. The highest BCUT2D eigenvalue weighted by molar-refractivity contribution is 7.92. The van der Waals surface area contributed by atoms with Crippen molar-refractivity contribution in [3.8, 4) is 5.75 Å². The third-order valence-electron chi connectivity index (χ3n) is 5.82. The molecule has 2 aliphatic rings. The lowest BCUT2D eigenvalue weighted by Gasteiger charge is -2.44. The topological polar surface area (TPSA) is 63.6 Å². The Balaban J connectivity index is 2.03. The van der Waals surface area contributed by atoms with Crippen LogP contribution in [-0.4, -0.2) is 26.2 Å². The lowest BCUT2D eigenvalue weighted by atomic mass is 9.79. The van der Waals surface area contributed by atoms with Gasteiger partial charge in [0.25, 0.3) is 0 Å². The van der Waals surface area contributed by atoms with E-state index in [0.29, 0.717) is 17.9 Å². The van der Waals surface area contributed by atoms with Crippen molar-refractivity contribution in [3.05, 3.63) is 58.6 Å². The largest absolute Gasteiger partial charge is 0.490 e. The van der Waals surface area contributed by atoms with Crippen LogP contribution in [0.2, 0.25) is 5.02 Å². The maximum Gasteiger partial charge on any atom is 0.188 e. The molecule has 8 heteroatoms. The molecular formula is C20H19ClF2O4S. The third kappa shape index (κ3) is 2.83. The molecule has 28 heavy (non-hydrogen) atoms. The van der Waals surface area contributed by atoms with Gasteiger partial charge in [-0.2, -0.15) is 0 Å². The van der Waals surface area contributed by atoms with Gasteiger partial charge in [0.15, 0.2) is 21.4 Å². The summed E-state index contributed by atoms with van der Waals surface area (Å²) in [6.45, 7) is -0.114. The fraction of sp³-hybridized carbons (Fsp3) is 0.400. The first kappa shape index (κ1) is 19.6. The number of ether oxygens (including phenoxy) is 1. The number of hydrogen-bond acceptors (Lipinski definition) is 4. The number of aliphatic hydroxyl groups excluding tert-OH is 1. The van der Waals surface area contributed by atoms with Crippen molar-refractivity contribution >= 4 is 21.4 Å². The van der Waals surface area contributed by atoms with Gasteiger partial charge in [-0.15, -0.1) is 0 Å². The minimum atomic E-state index is -4.16. The molecule has 1 aliphatic heterocycles. The van der Waals surface area contributed by atoms with Gasteiger partial charge in [-0.25, -0.2) is 17.2 Å². The molecule has 0 aromatic heterocycles. The molecule has 1 saturated carbocycles. The van der Waals surface area contributed by atoms with Gasteiger partial charge in [-0.05, 0) is 62.1 Å². The predicted octanol–water partition coefficient (Wildman–Crippen LogP) is 4.23. The van der Waals surface area contributed by atoms with E-state index in [4.69, 9.17) is 16.3 Å². The Morgan fingerprint density at radius 3 is 2.50 bits per heavy atom. The summed E-state index contributed by atoms with van der Waals surface area (Å²) < 4.78 is 61.0. The van der Waals surface area contributed by atoms with E-state index in [0.717, 1.165) is 12.1 Å². The van der Waals surface area contributed by atoms with Gasteiger partial charge in [0.2, 0.25) is 0 Å². The molecule has 3 atom stereocenters. The molecule has 0 saturated heterocycles. The van der Waals surface area contributed by atoms with E-state index >= 15 is 4.39 Å². The van der Waals surface area contributed by atoms with Crippen molar-refractivity contribution in [2.75, 3.05) is 6.61 Å². The highest BCUT2D eigenvalue weighted by atomic mass is 35.5. The normalized spacial score (nSPS) is 27.3. The number of sulfone groups is 1. The molecule has 0 spiro atoms. The van der Waals surface area contributed by atoms with Crippen LogP contribution in [0.25, 0.3) is 0 Å². The first-order valence-corrected chi connectivity index (χ1v) is 10.9. The van der Waals surface area contributed by atoms with Crippen LogP contribution >= 0.6 is 11.6 Å². The Kier molecular flexibility index (Phi) is 4.88. The highest BCUT2D eigenvalue weighted by Crippen LogP contribution is 2.55. The Morgan fingerprint density at radius 1 is 1.11 bits per heavy atom. The Labute approximate surface area is 167 Å². The summed E-state index contributed by atoms with van der Waals surface area (Å²) in [6.07, 6.45) is 0.216. The summed E-state index contributed by atoms with van der Waals surface area (Å²) in [6, 6.07) is 7.51. The zero-order chi connectivity index (χ0) is 20.1. The van der Waals surface area contributed by atoms with Crippen molar-refractivity contribution < 1.29 is 27.0 Å². The molecule has 0 amide bonds. The summed E-state index contributed by atoms with van der Waals surface area (Å²) in [4.78, 5) is -0.0187. The van der Waals surface area contributed by atoms with Gasteiger partial charge in [-0.3, -0.25) is 0 Å². The molecule has 1 heterocycles. The van der Waals surface area contributed by atoms with Crippen LogP contribution in [-0.2, 0) is 14.6 Å². The first-order valence-electron chi connectivity index (χ1n) is 9.07. The summed E-state index contributed by atoms with van der Waals surface area (Å²) in [5.74, 6) is -2.69. The number of fused-ring (bicyclic) bond motifs is 3. The summed E-state index contributed by atoms with van der Waals surface area (Å²) >= 11 is 5.90. The van der Waals surface area contributed by atoms with Crippen LogP contribution in [0, 0.1) is 17.6 Å². The van der Waals surface area contributed by atoms with Gasteiger partial charge in [0.1, 0.15) is 10.6 Å². The van der Waals surface area contributed by atoms with E-state index in [-0.39, 0.29) is 35.7 Å². The van der Waals surface area contributed by atoms with E-state index < -0.39 is 38.2 Å². The molecule has 0 radical (unpaired) electrons.